The highest BCUT2D eigenvalue weighted by Crippen LogP contribution is 2.15. The first-order chi connectivity index (χ1) is 7.77. The molecule has 0 aromatic rings. The van der Waals surface area contributed by atoms with E-state index in [0.29, 0.717) is 0 Å². The van der Waals surface area contributed by atoms with Crippen molar-refractivity contribution in [2.45, 2.75) is 45.7 Å². The molecule has 1 atom stereocenters. The first-order valence-electron chi connectivity index (χ1n) is 5.71. The van der Waals surface area contributed by atoms with Crippen LogP contribution >= 0.6 is 0 Å². The molecule has 4 amide bonds. The van der Waals surface area contributed by atoms with Gasteiger partial charge in [-0.05, 0) is 27.2 Å². The molecule has 0 bridgehead atoms. The molecule has 1 heterocycles. The van der Waals surface area contributed by atoms with Crippen LogP contribution in [0.2, 0.25) is 0 Å². The third-order valence-electron chi connectivity index (χ3n) is 2.77. The SMILES string of the molecule is CC[C@H](C)NC(=O)CN1C(=O)NC(C)(C)C1=O. The fraction of sp³-hybridized carbons (Fsp3) is 0.727. The number of amides is 4. The van der Waals surface area contributed by atoms with E-state index in [1.165, 1.54) is 0 Å². The fourth-order valence-electron chi connectivity index (χ4n) is 1.53. The van der Waals surface area contributed by atoms with Gasteiger partial charge in [0.05, 0.1) is 0 Å². The summed E-state index contributed by atoms with van der Waals surface area (Å²) in [6.07, 6.45) is 0.803. The summed E-state index contributed by atoms with van der Waals surface area (Å²) in [4.78, 5) is 35.8. The number of nitrogens with zero attached hydrogens (tertiary/aromatic N) is 1. The monoisotopic (exact) mass is 241 g/mol. The molecular weight excluding hydrogens is 222 g/mol. The molecule has 0 radical (unpaired) electrons. The molecule has 0 aromatic carbocycles. The van der Waals surface area contributed by atoms with Gasteiger partial charge in [-0.15, -0.1) is 0 Å². The lowest BCUT2D eigenvalue weighted by atomic mass is 10.1. The Balaban J connectivity index is 2.61. The normalized spacial score (nSPS) is 20.1. The Morgan fingerprint density at radius 3 is 2.47 bits per heavy atom. The van der Waals surface area contributed by atoms with E-state index in [4.69, 9.17) is 0 Å². The van der Waals surface area contributed by atoms with Crippen molar-refractivity contribution in [2.24, 2.45) is 0 Å². The molecule has 96 valence electrons. The lowest BCUT2D eigenvalue weighted by Gasteiger charge is -2.17. The average Bonchev–Trinajstić information content (AvgIpc) is 2.40. The zero-order valence-corrected chi connectivity index (χ0v) is 10.7. The second-order valence-corrected chi connectivity index (χ2v) is 4.82. The lowest BCUT2D eigenvalue weighted by molar-refractivity contribution is -0.134. The summed E-state index contributed by atoms with van der Waals surface area (Å²) in [5.74, 6) is -0.692. The quantitative estimate of drug-likeness (QED) is 0.692. The van der Waals surface area contributed by atoms with Crippen LogP contribution < -0.4 is 10.6 Å². The highest BCUT2D eigenvalue weighted by Gasteiger charge is 2.44. The van der Waals surface area contributed by atoms with E-state index >= 15 is 0 Å². The summed E-state index contributed by atoms with van der Waals surface area (Å²) < 4.78 is 0. The van der Waals surface area contributed by atoms with Gasteiger partial charge >= 0.3 is 6.03 Å². The third kappa shape index (κ3) is 2.95. The van der Waals surface area contributed by atoms with Crippen molar-refractivity contribution in [2.75, 3.05) is 6.54 Å². The van der Waals surface area contributed by atoms with Gasteiger partial charge in [-0.1, -0.05) is 6.92 Å². The second kappa shape index (κ2) is 4.73. The van der Waals surface area contributed by atoms with Crippen molar-refractivity contribution >= 4 is 17.8 Å². The molecule has 1 aliphatic rings. The van der Waals surface area contributed by atoms with Crippen LogP contribution in [0.1, 0.15) is 34.1 Å². The summed E-state index contributed by atoms with van der Waals surface area (Å²) in [6, 6.07) is -0.476. The predicted molar refractivity (Wildman–Crippen MR) is 62.2 cm³/mol. The van der Waals surface area contributed by atoms with Crippen LogP contribution in [-0.2, 0) is 9.59 Å². The van der Waals surface area contributed by atoms with Gasteiger partial charge in [0.15, 0.2) is 0 Å². The minimum atomic E-state index is -0.923. The molecule has 0 aromatic heterocycles. The predicted octanol–water partition coefficient (Wildman–Crippen LogP) is 0.231. The average molecular weight is 241 g/mol. The van der Waals surface area contributed by atoms with Gasteiger partial charge in [-0.3, -0.25) is 14.5 Å². The number of hydrogen-bond acceptors (Lipinski definition) is 3. The first-order valence-corrected chi connectivity index (χ1v) is 5.71. The maximum Gasteiger partial charge on any atom is 0.325 e. The van der Waals surface area contributed by atoms with Crippen LogP contribution in [0, 0.1) is 0 Å². The fourth-order valence-corrected chi connectivity index (χ4v) is 1.53. The molecule has 1 fully saturated rings. The molecule has 17 heavy (non-hydrogen) atoms. The lowest BCUT2D eigenvalue weighted by Crippen LogP contribution is -2.44. The Morgan fingerprint density at radius 1 is 1.47 bits per heavy atom. The van der Waals surface area contributed by atoms with Gasteiger partial charge in [0.1, 0.15) is 12.1 Å². The molecule has 1 saturated heterocycles. The molecule has 0 aliphatic carbocycles. The number of imide groups is 1. The first kappa shape index (κ1) is 13.5. The smallest absolute Gasteiger partial charge is 0.325 e. The number of carbonyl (C=O) groups is 3. The van der Waals surface area contributed by atoms with Crippen LogP contribution in [-0.4, -0.2) is 40.9 Å². The van der Waals surface area contributed by atoms with Crippen molar-refractivity contribution in [3.8, 4) is 0 Å². The highest BCUT2D eigenvalue weighted by atomic mass is 16.2. The van der Waals surface area contributed by atoms with E-state index in [-0.39, 0.29) is 24.4 Å². The Hall–Kier alpha value is -1.59. The topological polar surface area (TPSA) is 78.5 Å². The standard InChI is InChI=1S/C11H19N3O3/c1-5-7(2)12-8(15)6-14-9(16)11(3,4)13-10(14)17/h7H,5-6H2,1-4H3,(H,12,15)(H,13,17)/t7-/m0/s1. The van der Waals surface area contributed by atoms with Crippen LogP contribution in [0.3, 0.4) is 0 Å². The van der Waals surface area contributed by atoms with E-state index in [2.05, 4.69) is 10.6 Å². The molecule has 1 aliphatic heterocycles. The van der Waals surface area contributed by atoms with Crippen molar-refractivity contribution < 1.29 is 14.4 Å². The minimum absolute atomic E-state index is 0.0382. The zero-order valence-electron chi connectivity index (χ0n) is 10.7. The number of nitrogens with one attached hydrogen (secondary N) is 2. The van der Waals surface area contributed by atoms with Crippen molar-refractivity contribution in [3.63, 3.8) is 0 Å². The highest BCUT2D eigenvalue weighted by molar-refractivity contribution is 6.08. The molecule has 6 nitrogen and oxygen atoms in total. The Morgan fingerprint density at radius 2 is 2.06 bits per heavy atom. The Labute approximate surface area is 101 Å². The van der Waals surface area contributed by atoms with Gasteiger partial charge in [0.2, 0.25) is 5.91 Å². The summed E-state index contributed by atoms with van der Waals surface area (Å²) in [5.41, 5.74) is -0.923. The van der Waals surface area contributed by atoms with Crippen LogP contribution in [0.5, 0.6) is 0 Å². The maximum absolute atomic E-state index is 11.8. The van der Waals surface area contributed by atoms with Gasteiger partial charge < -0.3 is 10.6 Å². The van der Waals surface area contributed by atoms with Crippen molar-refractivity contribution in [1.29, 1.82) is 0 Å². The Kier molecular flexibility index (Phi) is 3.75. The van der Waals surface area contributed by atoms with E-state index in [0.717, 1.165) is 11.3 Å². The van der Waals surface area contributed by atoms with Gasteiger partial charge in [-0.25, -0.2) is 4.79 Å². The molecule has 0 saturated carbocycles. The second-order valence-electron chi connectivity index (χ2n) is 4.82. The van der Waals surface area contributed by atoms with E-state index < -0.39 is 11.6 Å². The maximum atomic E-state index is 11.8. The van der Waals surface area contributed by atoms with E-state index in [1.807, 2.05) is 13.8 Å². The summed E-state index contributed by atoms with van der Waals surface area (Å²) in [6.45, 7) is 6.81. The summed E-state index contributed by atoms with van der Waals surface area (Å²) >= 11 is 0. The molecule has 0 spiro atoms. The van der Waals surface area contributed by atoms with Gasteiger partial charge in [0.25, 0.3) is 5.91 Å². The molecular formula is C11H19N3O3. The van der Waals surface area contributed by atoms with Gasteiger partial charge in [0, 0.05) is 6.04 Å². The number of rotatable bonds is 4. The largest absolute Gasteiger partial charge is 0.352 e. The van der Waals surface area contributed by atoms with Crippen LogP contribution in [0.15, 0.2) is 0 Å². The minimum Gasteiger partial charge on any atom is -0.352 e. The number of urea groups is 1. The molecule has 2 N–H and O–H groups in total. The van der Waals surface area contributed by atoms with E-state index in [1.54, 1.807) is 13.8 Å². The van der Waals surface area contributed by atoms with Gasteiger partial charge in [-0.2, -0.15) is 0 Å². The van der Waals surface area contributed by atoms with E-state index in [9.17, 15) is 14.4 Å². The zero-order chi connectivity index (χ0) is 13.2. The molecule has 0 unspecified atom stereocenters. The Bertz CT molecular complexity index is 352. The summed E-state index contributed by atoms with van der Waals surface area (Å²) in [5, 5.41) is 5.24. The number of hydrogen-bond donors (Lipinski definition) is 2. The summed E-state index contributed by atoms with van der Waals surface area (Å²) in [7, 11) is 0. The van der Waals surface area contributed by atoms with Crippen LogP contribution in [0.25, 0.3) is 0 Å². The third-order valence-corrected chi connectivity index (χ3v) is 2.77. The number of carbonyl (C=O) groups excluding carboxylic acids is 3. The van der Waals surface area contributed by atoms with Crippen LogP contribution in [0.4, 0.5) is 4.79 Å². The van der Waals surface area contributed by atoms with Crippen molar-refractivity contribution in [3.05, 3.63) is 0 Å². The molecule has 6 heteroatoms. The molecule has 1 rings (SSSR count). The van der Waals surface area contributed by atoms with Crippen molar-refractivity contribution in [1.82, 2.24) is 15.5 Å².